The lowest BCUT2D eigenvalue weighted by atomic mass is 9.97. The minimum atomic E-state index is -0.128. The fourth-order valence-electron chi connectivity index (χ4n) is 3.29. The summed E-state index contributed by atoms with van der Waals surface area (Å²) in [6.07, 6.45) is 9.72. The summed E-state index contributed by atoms with van der Waals surface area (Å²) in [5.41, 5.74) is 2.11. The van der Waals surface area contributed by atoms with E-state index in [2.05, 4.69) is 24.4 Å². The smallest absolute Gasteiger partial charge is 0.179 e. The summed E-state index contributed by atoms with van der Waals surface area (Å²) in [7, 11) is 0. The zero-order valence-corrected chi connectivity index (χ0v) is 15.6. The molecule has 2 rings (SSSR count). The number of ketones is 1. The van der Waals surface area contributed by atoms with E-state index in [1.807, 2.05) is 12.1 Å². The number of benzene rings is 1. The van der Waals surface area contributed by atoms with E-state index in [1.54, 1.807) is 0 Å². The average Bonchev–Trinajstić information content (AvgIpc) is 3.07. The van der Waals surface area contributed by atoms with Gasteiger partial charge in [0.2, 0.25) is 0 Å². The van der Waals surface area contributed by atoms with Crippen LogP contribution < -0.4 is 5.32 Å². The summed E-state index contributed by atoms with van der Waals surface area (Å²) < 4.78 is 0. The predicted octanol–water partition coefficient (Wildman–Crippen LogP) is 4.16. The molecular formula is C20H32ClNO2. The van der Waals surface area contributed by atoms with Gasteiger partial charge in [0.25, 0.3) is 0 Å². The maximum absolute atomic E-state index is 12.4. The first-order chi connectivity index (χ1) is 11.2. The van der Waals surface area contributed by atoms with Crippen molar-refractivity contribution in [2.24, 2.45) is 5.92 Å². The molecule has 0 aromatic heterocycles. The topological polar surface area (TPSA) is 49.3 Å². The Labute approximate surface area is 152 Å². The van der Waals surface area contributed by atoms with Crippen LogP contribution in [0.3, 0.4) is 0 Å². The van der Waals surface area contributed by atoms with E-state index < -0.39 is 0 Å². The second-order valence-corrected chi connectivity index (χ2v) is 6.82. The van der Waals surface area contributed by atoms with Gasteiger partial charge in [-0.25, -0.2) is 0 Å². The third kappa shape index (κ3) is 6.54. The Balaban J connectivity index is 0.00000288. The Kier molecular flexibility index (Phi) is 10.2. The molecule has 0 saturated carbocycles. The Hall–Kier alpha value is -0.900. The number of carbonyl (C=O) groups is 1. The molecule has 0 bridgehead atoms. The third-order valence-electron chi connectivity index (χ3n) is 4.85. The SMILES string of the molecule is CCCCCCCCc1ccc(C(=O)[C@H]2C[C@H](CO)CN2)cc1.Cl. The number of aryl methyl sites for hydroxylation is 1. The Morgan fingerprint density at radius 1 is 1.12 bits per heavy atom. The summed E-state index contributed by atoms with van der Waals surface area (Å²) in [5, 5.41) is 12.4. The van der Waals surface area contributed by atoms with Gasteiger partial charge in [-0.3, -0.25) is 4.79 Å². The first kappa shape index (κ1) is 21.1. The monoisotopic (exact) mass is 353 g/mol. The van der Waals surface area contributed by atoms with Crippen LogP contribution in [0.4, 0.5) is 0 Å². The van der Waals surface area contributed by atoms with Crippen LogP contribution in [0.5, 0.6) is 0 Å². The molecule has 3 nitrogen and oxygen atoms in total. The fourth-order valence-corrected chi connectivity index (χ4v) is 3.29. The molecule has 0 aliphatic carbocycles. The molecule has 136 valence electrons. The summed E-state index contributed by atoms with van der Waals surface area (Å²) in [6, 6.07) is 7.98. The molecule has 1 aliphatic rings. The number of carbonyl (C=O) groups excluding carboxylic acids is 1. The summed E-state index contributed by atoms with van der Waals surface area (Å²) in [4.78, 5) is 12.4. The zero-order chi connectivity index (χ0) is 16.5. The number of Topliss-reactive ketones (excluding diaryl/α,β-unsaturated/α-hetero) is 1. The largest absolute Gasteiger partial charge is 0.396 e. The molecule has 0 amide bonds. The lowest BCUT2D eigenvalue weighted by Gasteiger charge is -2.10. The van der Waals surface area contributed by atoms with E-state index in [1.165, 1.54) is 44.1 Å². The second-order valence-electron chi connectivity index (χ2n) is 6.82. The van der Waals surface area contributed by atoms with E-state index >= 15 is 0 Å². The number of rotatable bonds is 10. The van der Waals surface area contributed by atoms with Crippen molar-refractivity contribution in [3.8, 4) is 0 Å². The normalized spacial score (nSPS) is 19.9. The van der Waals surface area contributed by atoms with Crippen molar-refractivity contribution in [3.63, 3.8) is 0 Å². The Morgan fingerprint density at radius 3 is 2.42 bits per heavy atom. The van der Waals surface area contributed by atoms with Crippen LogP contribution in [0.2, 0.25) is 0 Å². The maximum Gasteiger partial charge on any atom is 0.179 e. The summed E-state index contributed by atoms with van der Waals surface area (Å²) >= 11 is 0. The van der Waals surface area contributed by atoms with Gasteiger partial charge in [0.05, 0.1) is 6.04 Å². The number of hydrogen-bond acceptors (Lipinski definition) is 3. The van der Waals surface area contributed by atoms with E-state index in [0.29, 0.717) is 0 Å². The highest BCUT2D eigenvalue weighted by Gasteiger charge is 2.29. The lowest BCUT2D eigenvalue weighted by Crippen LogP contribution is -2.30. The van der Waals surface area contributed by atoms with Crippen LogP contribution in [0.1, 0.15) is 67.8 Å². The minimum Gasteiger partial charge on any atom is -0.396 e. The first-order valence-corrected chi connectivity index (χ1v) is 9.22. The quantitative estimate of drug-likeness (QED) is 0.490. The molecule has 1 heterocycles. The maximum atomic E-state index is 12.4. The zero-order valence-electron chi connectivity index (χ0n) is 14.8. The second kappa shape index (κ2) is 11.6. The Morgan fingerprint density at radius 2 is 1.79 bits per heavy atom. The molecule has 2 N–H and O–H groups in total. The number of aliphatic hydroxyl groups excluding tert-OH is 1. The van der Waals surface area contributed by atoms with Crippen LogP contribution in [-0.4, -0.2) is 30.1 Å². The first-order valence-electron chi connectivity index (χ1n) is 9.22. The highest BCUT2D eigenvalue weighted by molar-refractivity contribution is 6.00. The van der Waals surface area contributed by atoms with Crippen LogP contribution >= 0.6 is 12.4 Å². The molecule has 24 heavy (non-hydrogen) atoms. The fraction of sp³-hybridized carbons (Fsp3) is 0.650. The molecule has 0 spiro atoms. The van der Waals surface area contributed by atoms with Gasteiger partial charge in [-0.2, -0.15) is 0 Å². The van der Waals surface area contributed by atoms with Crippen molar-refractivity contribution in [2.45, 2.75) is 64.3 Å². The predicted molar refractivity (Wildman–Crippen MR) is 102 cm³/mol. The van der Waals surface area contributed by atoms with Crippen LogP contribution in [-0.2, 0) is 6.42 Å². The number of nitrogens with one attached hydrogen (secondary N) is 1. The van der Waals surface area contributed by atoms with Crippen LogP contribution in [0, 0.1) is 5.92 Å². The van der Waals surface area contributed by atoms with Crippen molar-refractivity contribution in [1.29, 1.82) is 0 Å². The van der Waals surface area contributed by atoms with Gasteiger partial charge < -0.3 is 10.4 Å². The van der Waals surface area contributed by atoms with Gasteiger partial charge in [-0.05, 0) is 30.7 Å². The number of hydrogen-bond donors (Lipinski definition) is 2. The van der Waals surface area contributed by atoms with E-state index in [4.69, 9.17) is 0 Å². The highest BCUT2D eigenvalue weighted by Crippen LogP contribution is 2.18. The number of aliphatic hydroxyl groups is 1. The molecule has 1 aliphatic heterocycles. The standard InChI is InChI=1S/C20H31NO2.ClH/c1-2-3-4-5-6-7-8-16-9-11-18(12-10-16)20(23)19-13-17(15-22)14-21-19;/h9-12,17,19,21-22H,2-8,13-15H2,1H3;1H/t17-,19+;/m0./s1. The van der Waals surface area contributed by atoms with Crippen molar-refractivity contribution >= 4 is 18.2 Å². The summed E-state index contributed by atoms with van der Waals surface area (Å²) in [5.74, 6) is 0.378. The molecule has 1 saturated heterocycles. The van der Waals surface area contributed by atoms with Gasteiger partial charge in [-0.15, -0.1) is 12.4 Å². The van der Waals surface area contributed by atoms with Crippen molar-refractivity contribution in [3.05, 3.63) is 35.4 Å². The molecule has 1 aromatic carbocycles. The third-order valence-corrected chi connectivity index (χ3v) is 4.85. The van der Waals surface area contributed by atoms with Crippen LogP contribution in [0.25, 0.3) is 0 Å². The molecule has 1 fully saturated rings. The number of halogens is 1. The van der Waals surface area contributed by atoms with Crippen molar-refractivity contribution in [1.82, 2.24) is 5.32 Å². The van der Waals surface area contributed by atoms with Crippen molar-refractivity contribution in [2.75, 3.05) is 13.2 Å². The molecule has 1 aromatic rings. The number of unbranched alkanes of at least 4 members (excludes halogenated alkanes) is 5. The molecule has 0 unspecified atom stereocenters. The molecule has 0 radical (unpaired) electrons. The van der Waals surface area contributed by atoms with Crippen LogP contribution in [0.15, 0.2) is 24.3 Å². The molecule has 4 heteroatoms. The lowest BCUT2D eigenvalue weighted by molar-refractivity contribution is 0.0949. The summed E-state index contributed by atoms with van der Waals surface area (Å²) in [6.45, 7) is 3.14. The van der Waals surface area contributed by atoms with Gasteiger partial charge in [0, 0.05) is 18.7 Å². The van der Waals surface area contributed by atoms with E-state index in [0.717, 1.165) is 24.9 Å². The highest BCUT2D eigenvalue weighted by atomic mass is 35.5. The molecular weight excluding hydrogens is 322 g/mol. The Bertz CT molecular complexity index is 475. The van der Waals surface area contributed by atoms with Gasteiger partial charge in [0.15, 0.2) is 5.78 Å². The van der Waals surface area contributed by atoms with Gasteiger partial charge in [0.1, 0.15) is 0 Å². The van der Waals surface area contributed by atoms with E-state index in [9.17, 15) is 9.90 Å². The minimum absolute atomic E-state index is 0. The van der Waals surface area contributed by atoms with Crippen molar-refractivity contribution < 1.29 is 9.90 Å². The van der Waals surface area contributed by atoms with E-state index in [-0.39, 0.29) is 36.8 Å². The van der Waals surface area contributed by atoms with Gasteiger partial charge in [-0.1, -0.05) is 63.3 Å². The van der Waals surface area contributed by atoms with Gasteiger partial charge >= 0.3 is 0 Å². The average molecular weight is 354 g/mol. The molecule has 2 atom stereocenters.